The van der Waals surface area contributed by atoms with Crippen molar-refractivity contribution in [1.82, 2.24) is 10.2 Å². The second-order valence-electron chi connectivity index (χ2n) is 10.2. The summed E-state index contributed by atoms with van der Waals surface area (Å²) >= 11 is 1.69. The first-order valence-corrected chi connectivity index (χ1v) is 12.9. The molecule has 1 aromatic heterocycles. The van der Waals surface area contributed by atoms with Gasteiger partial charge < -0.3 is 15.4 Å². The summed E-state index contributed by atoms with van der Waals surface area (Å²) in [7, 11) is 0. The molecule has 35 heavy (non-hydrogen) atoms. The summed E-state index contributed by atoms with van der Waals surface area (Å²) in [6.45, 7) is 11.5. The number of thiophene rings is 1. The van der Waals surface area contributed by atoms with Gasteiger partial charge in [-0.2, -0.15) is 0 Å². The van der Waals surface area contributed by atoms with E-state index in [1.807, 2.05) is 24.3 Å². The summed E-state index contributed by atoms with van der Waals surface area (Å²) in [6, 6.07) is 14.8. The molecule has 3 aromatic rings. The smallest absolute Gasteiger partial charge is 0.343 e. The molecule has 0 fully saturated rings. The number of nitrogens with zero attached hydrogens (tertiary/aromatic N) is 1. The van der Waals surface area contributed by atoms with Crippen LogP contribution in [-0.4, -0.2) is 29.9 Å². The average molecular weight is 490 g/mol. The number of benzene rings is 2. The minimum absolute atomic E-state index is 0.0274. The summed E-state index contributed by atoms with van der Waals surface area (Å²) in [6.07, 6.45) is 0.584. The molecule has 3 heterocycles. The molecule has 2 aliphatic heterocycles. The fourth-order valence-electron chi connectivity index (χ4n) is 4.61. The van der Waals surface area contributed by atoms with Gasteiger partial charge in [0.25, 0.3) is 5.91 Å². The van der Waals surface area contributed by atoms with Gasteiger partial charge >= 0.3 is 5.97 Å². The van der Waals surface area contributed by atoms with E-state index in [1.54, 1.807) is 35.6 Å². The van der Waals surface area contributed by atoms with Crippen LogP contribution in [0.3, 0.4) is 0 Å². The lowest BCUT2D eigenvalue weighted by Gasteiger charge is -2.28. The second-order valence-corrected chi connectivity index (χ2v) is 11.3. The van der Waals surface area contributed by atoms with E-state index in [9.17, 15) is 9.59 Å². The molecule has 0 unspecified atom stereocenters. The van der Waals surface area contributed by atoms with Crippen LogP contribution < -0.4 is 15.4 Å². The molecule has 0 bridgehead atoms. The molecule has 0 spiro atoms. The number of esters is 1. The summed E-state index contributed by atoms with van der Waals surface area (Å²) in [4.78, 5) is 29.3. The normalized spacial score (nSPS) is 17.7. The second kappa shape index (κ2) is 9.13. The first-order chi connectivity index (χ1) is 16.7. The first-order valence-electron chi connectivity index (χ1n) is 12.1. The Kier molecular flexibility index (Phi) is 6.15. The standard InChI is InChI=1S/C28H31N3O3S/c1-5-31-15-14-21-22(16-31)35-26-23(21)25(32)29-24(30-26)17-8-12-20(13-9-17)34-27(33)18-6-10-19(11-7-18)28(2,3)4/h6-13,24,30H,5,14-16H2,1-4H3,(H,29,32)/t24-/m1/s1. The fraction of sp³-hybridized carbons (Fsp3) is 0.357. The molecular weight excluding hydrogens is 458 g/mol. The number of carbonyl (C=O) groups is 2. The summed E-state index contributed by atoms with van der Waals surface area (Å²) in [5.74, 6) is 0.0466. The maximum atomic E-state index is 13.0. The number of anilines is 1. The van der Waals surface area contributed by atoms with Crippen LogP contribution >= 0.6 is 11.3 Å². The number of nitrogens with one attached hydrogen (secondary N) is 2. The van der Waals surface area contributed by atoms with Crippen molar-refractivity contribution in [2.75, 3.05) is 18.4 Å². The van der Waals surface area contributed by atoms with Gasteiger partial charge in [0.1, 0.15) is 16.9 Å². The largest absolute Gasteiger partial charge is 0.423 e. The zero-order valence-corrected chi connectivity index (χ0v) is 21.4. The lowest BCUT2D eigenvalue weighted by molar-refractivity contribution is 0.0734. The summed E-state index contributed by atoms with van der Waals surface area (Å²) < 4.78 is 5.57. The highest BCUT2D eigenvalue weighted by molar-refractivity contribution is 7.16. The zero-order chi connectivity index (χ0) is 24.7. The number of fused-ring (bicyclic) bond motifs is 3. The first kappa shape index (κ1) is 23.6. The van der Waals surface area contributed by atoms with E-state index in [1.165, 1.54) is 10.4 Å². The molecule has 1 atom stereocenters. The Morgan fingerprint density at radius 1 is 1.09 bits per heavy atom. The van der Waals surface area contributed by atoms with Crippen LogP contribution in [0.5, 0.6) is 5.75 Å². The monoisotopic (exact) mass is 489 g/mol. The fourth-order valence-corrected chi connectivity index (χ4v) is 5.92. The van der Waals surface area contributed by atoms with Crippen molar-refractivity contribution in [2.45, 2.75) is 52.2 Å². The van der Waals surface area contributed by atoms with Crippen LogP contribution in [0, 0.1) is 0 Å². The predicted octanol–water partition coefficient (Wildman–Crippen LogP) is 5.50. The van der Waals surface area contributed by atoms with E-state index in [0.717, 1.165) is 47.7 Å². The van der Waals surface area contributed by atoms with E-state index in [4.69, 9.17) is 4.74 Å². The van der Waals surface area contributed by atoms with Gasteiger partial charge in [-0.3, -0.25) is 9.69 Å². The topological polar surface area (TPSA) is 70.7 Å². The molecule has 0 saturated carbocycles. The maximum Gasteiger partial charge on any atom is 0.343 e. The molecular formula is C28H31N3O3S. The van der Waals surface area contributed by atoms with Crippen molar-refractivity contribution in [3.8, 4) is 5.75 Å². The number of likely N-dealkylation sites (N-methyl/N-ethyl adjacent to an activating group) is 1. The quantitative estimate of drug-likeness (QED) is 0.374. The van der Waals surface area contributed by atoms with Gasteiger partial charge in [0.15, 0.2) is 0 Å². The number of hydrogen-bond donors (Lipinski definition) is 2. The van der Waals surface area contributed by atoms with Crippen LogP contribution in [0.1, 0.15) is 76.1 Å². The van der Waals surface area contributed by atoms with Crippen molar-refractivity contribution in [3.63, 3.8) is 0 Å². The number of rotatable bonds is 4. The molecule has 2 aromatic carbocycles. The minimum atomic E-state index is -0.391. The van der Waals surface area contributed by atoms with Gasteiger partial charge in [0.05, 0.1) is 11.1 Å². The highest BCUT2D eigenvalue weighted by Crippen LogP contribution is 2.40. The Balaban J connectivity index is 1.27. The van der Waals surface area contributed by atoms with Gasteiger partial charge in [-0.15, -0.1) is 11.3 Å². The van der Waals surface area contributed by atoms with E-state index in [0.29, 0.717) is 11.3 Å². The van der Waals surface area contributed by atoms with Crippen LogP contribution in [-0.2, 0) is 18.4 Å². The van der Waals surface area contributed by atoms with Crippen molar-refractivity contribution >= 4 is 28.2 Å². The minimum Gasteiger partial charge on any atom is -0.423 e. The average Bonchev–Trinajstić information content (AvgIpc) is 3.22. The van der Waals surface area contributed by atoms with Crippen molar-refractivity contribution in [2.24, 2.45) is 0 Å². The molecule has 0 aliphatic carbocycles. The third-order valence-corrected chi connectivity index (χ3v) is 7.92. The van der Waals surface area contributed by atoms with Crippen molar-refractivity contribution < 1.29 is 14.3 Å². The molecule has 2 N–H and O–H groups in total. The van der Waals surface area contributed by atoms with E-state index < -0.39 is 5.97 Å². The molecule has 1 amide bonds. The summed E-state index contributed by atoms with van der Waals surface area (Å²) in [5.41, 5.74) is 4.60. The zero-order valence-electron chi connectivity index (χ0n) is 20.6. The third kappa shape index (κ3) is 4.70. The van der Waals surface area contributed by atoms with Crippen molar-refractivity contribution in [1.29, 1.82) is 0 Å². The van der Waals surface area contributed by atoms with Crippen LogP contribution in [0.25, 0.3) is 0 Å². The number of carbonyl (C=O) groups excluding carboxylic acids is 2. The molecule has 5 rings (SSSR count). The van der Waals surface area contributed by atoms with E-state index >= 15 is 0 Å². The predicted molar refractivity (Wildman–Crippen MR) is 139 cm³/mol. The molecule has 0 radical (unpaired) electrons. The Hall–Kier alpha value is -3.16. The molecule has 2 aliphatic rings. The van der Waals surface area contributed by atoms with Crippen molar-refractivity contribution in [3.05, 3.63) is 81.2 Å². The lowest BCUT2D eigenvalue weighted by Crippen LogP contribution is -2.38. The molecule has 182 valence electrons. The van der Waals surface area contributed by atoms with Gasteiger partial charge in [0, 0.05) is 18.0 Å². The number of ether oxygens (including phenoxy) is 1. The third-order valence-electron chi connectivity index (χ3n) is 6.77. The highest BCUT2D eigenvalue weighted by Gasteiger charge is 2.33. The lowest BCUT2D eigenvalue weighted by atomic mass is 9.87. The Morgan fingerprint density at radius 2 is 1.80 bits per heavy atom. The van der Waals surface area contributed by atoms with E-state index in [-0.39, 0.29) is 17.5 Å². The molecule has 7 heteroatoms. The Morgan fingerprint density at radius 3 is 2.46 bits per heavy atom. The van der Waals surface area contributed by atoms with Crippen LogP contribution in [0.4, 0.5) is 5.00 Å². The summed E-state index contributed by atoms with van der Waals surface area (Å²) in [5, 5.41) is 7.53. The number of amides is 1. The SMILES string of the molecule is CCN1CCc2c(sc3c2C(=O)N[C@@H](c2ccc(OC(=O)c4ccc(C(C)(C)C)cc4)cc2)N3)C1. The maximum absolute atomic E-state index is 13.0. The molecule has 0 saturated heterocycles. The Bertz CT molecular complexity index is 1260. The van der Waals surface area contributed by atoms with E-state index in [2.05, 4.69) is 43.2 Å². The number of hydrogen-bond acceptors (Lipinski definition) is 6. The van der Waals surface area contributed by atoms with Crippen LogP contribution in [0.2, 0.25) is 0 Å². The highest BCUT2D eigenvalue weighted by atomic mass is 32.1. The molecule has 6 nitrogen and oxygen atoms in total. The van der Waals surface area contributed by atoms with Crippen LogP contribution in [0.15, 0.2) is 48.5 Å². The van der Waals surface area contributed by atoms with Gasteiger partial charge in [-0.05, 0) is 59.3 Å². The van der Waals surface area contributed by atoms with Gasteiger partial charge in [-0.1, -0.05) is 52.0 Å². The van der Waals surface area contributed by atoms with Gasteiger partial charge in [0.2, 0.25) is 0 Å². The van der Waals surface area contributed by atoms with Gasteiger partial charge in [-0.25, -0.2) is 4.79 Å². The Labute approximate surface area is 210 Å².